The van der Waals surface area contributed by atoms with E-state index in [4.69, 9.17) is 39.4 Å². The third-order valence-electron chi connectivity index (χ3n) is 4.34. The smallest absolute Gasteiger partial charge is 0.396 e. The molecule has 0 aromatic rings. The van der Waals surface area contributed by atoms with Crippen molar-refractivity contribution in [3.8, 4) is 0 Å². The molecule has 3 atom stereocenters. The number of aliphatic hydroxyl groups is 4. The van der Waals surface area contributed by atoms with Gasteiger partial charge in [0.2, 0.25) is 0 Å². The highest BCUT2D eigenvalue weighted by molar-refractivity contribution is 4.70. The lowest BCUT2D eigenvalue weighted by Crippen LogP contribution is -2.21. The maximum Gasteiger partial charge on any atom is 1.00 e. The molecule has 8 nitrogen and oxygen atoms in total. The molecule has 0 spiro atoms. The average Bonchev–Trinajstić information content (AvgIpc) is 3.19. The number of aliphatic hydroxyl groups excluding tert-OH is 4. The standard InChI is InChI=1S/C8H16O3.C8H16O2.C5H12O3.CH4/c1-8(2)10-6-7(11-8)4-3-5-9;1-4-5-7-6-9-8(2,3)10-7;6-3-1-2-5(8)4-7;/h7,9H,3-6H2,1-2H3;7H,4-6H2,1-3H3;5-8H,1-4H2;1H4/p+1. The summed E-state index contributed by atoms with van der Waals surface area (Å²) in [5, 5.41) is 33.6. The Kier molecular flexibility index (Phi) is 18.3. The topological polar surface area (TPSA) is 118 Å². The molecule has 30 heavy (non-hydrogen) atoms. The SMILES string of the molecule is C.CC1(C)OCC(CCCO)O1.CCCC1COC(C)(C)O1.OCCCC(O)CO.[H+]. The van der Waals surface area contributed by atoms with Gasteiger partial charge >= 0.3 is 1.43 Å². The maximum absolute atomic E-state index is 8.63. The molecule has 0 aliphatic carbocycles. The van der Waals surface area contributed by atoms with E-state index in [9.17, 15) is 0 Å². The Morgan fingerprint density at radius 3 is 1.67 bits per heavy atom. The summed E-state index contributed by atoms with van der Waals surface area (Å²) in [5.74, 6) is -0.750. The molecule has 8 heteroatoms. The van der Waals surface area contributed by atoms with Crippen molar-refractivity contribution < 1.29 is 40.8 Å². The molecule has 0 aromatic carbocycles. The van der Waals surface area contributed by atoms with Gasteiger partial charge in [0.25, 0.3) is 0 Å². The van der Waals surface area contributed by atoms with Crippen LogP contribution in [0.4, 0.5) is 0 Å². The summed E-state index contributed by atoms with van der Waals surface area (Å²) in [6, 6.07) is 0. The lowest BCUT2D eigenvalue weighted by Gasteiger charge is -2.16. The lowest BCUT2D eigenvalue weighted by molar-refractivity contribution is -0.139. The van der Waals surface area contributed by atoms with E-state index in [1.807, 2.05) is 27.7 Å². The summed E-state index contributed by atoms with van der Waals surface area (Å²) in [6.07, 6.45) is 4.87. The highest BCUT2D eigenvalue weighted by Gasteiger charge is 2.32. The Balaban J connectivity index is -0.000000373. The Labute approximate surface area is 185 Å². The van der Waals surface area contributed by atoms with E-state index >= 15 is 0 Å². The first kappa shape index (κ1) is 31.9. The predicted molar refractivity (Wildman–Crippen MR) is 118 cm³/mol. The molecule has 0 radical (unpaired) electrons. The van der Waals surface area contributed by atoms with Gasteiger partial charge < -0.3 is 39.4 Å². The summed E-state index contributed by atoms with van der Waals surface area (Å²) in [4.78, 5) is 0. The first-order valence-electron chi connectivity index (χ1n) is 10.7. The van der Waals surface area contributed by atoms with Crippen LogP contribution >= 0.6 is 0 Å². The van der Waals surface area contributed by atoms with Crippen molar-refractivity contribution in [2.75, 3.05) is 33.0 Å². The highest BCUT2D eigenvalue weighted by Crippen LogP contribution is 2.25. The zero-order valence-electron chi connectivity index (χ0n) is 19.9. The second-order valence-electron chi connectivity index (χ2n) is 8.26. The molecule has 2 saturated heterocycles. The molecule has 0 aromatic heterocycles. The minimum Gasteiger partial charge on any atom is -0.396 e. The minimum atomic E-state index is -0.651. The molecule has 0 saturated carbocycles. The van der Waals surface area contributed by atoms with Gasteiger partial charge in [-0.2, -0.15) is 0 Å². The van der Waals surface area contributed by atoms with Crippen molar-refractivity contribution in [3.63, 3.8) is 0 Å². The molecule has 2 heterocycles. The van der Waals surface area contributed by atoms with Gasteiger partial charge in [0.1, 0.15) is 0 Å². The van der Waals surface area contributed by atoms with Gasteiger partial charge in [-0.15, -0.1) is 0 Å². The molecule has 2 aliphatic rings. The van der Waals surface area contributed by atoms with Gasteiger partial charge in [-0.05, 0) is 59.8 Å². The van der Waals surface area contributed by atoms with Crippen molar-refractivity contribution in [2.24, 2.45) is 0 Å². The van der Waals surface area contributed by atoms with Crippen LogP contribution in [0, 0.1) is 0 Å². The summed E-state index contributed by atoms with van der Waals surface area (Å²) < 4.78 is 21.8. The highest BCUT2D eigenvalue weighted by atomic mass is 16.7. The molecular weight excluding hydrogens is 392 g/mol. The van der Waals surface area contributed by atoms with E-state index in [1.165, 1.54) is 6.42 Å². The zero-order chi connectivity index (χ0) is 22.3. The molecule has 2 aliphatic heterocycles. The molecule has 2 fully saturated rings. The molecule has 2 rings (SSSR count). The summed E-state index contributed by atoms with van der Waals surface area (Å²) in [6.45, 7) is 11.4. The summed E-state index contributed by atoms with van der Waals surface area (Å²) in [7, 11) is 0. The second-order valence-corrected chi connectivity index (χ2v) is 8.26. The first-order valence-corrected chi connectivity index (χ1v) is 10.7. The average molecular weight is 442 g/mol. The molecule has 4 N–H and O–H groups in total. The molecule has 3 unspecified atom stereocenters. The van der Waals surface area contributed by atoms with Gasteiger partial charge in [0.15, 0.2) is 11.6 Å². The van der Waals surface area contributed by atoms with E-state index in [1.54, 1.807) is 0 Å². The largest absolute Gasteiger partial charge is 1.00 e. The maximum atomic E-state index is 8.63. The van der Waals surface area contributed by atoms with E-state index in [0.717, 1.165) is 25.9 Å². The van der Waals surface area contributed by atoms with Crippen LogP contribution in [0.15, 0.2) is 0 Å². The fraction of sp³-hybridized carbons (Fsp3) is 1.00. The lowest BCUT2D eigenvalue weighted by atomic mass is 10.2. The number of rotatable bonds is 9. The van der Waals surface area contributed by atoms with Crippen molar-refractivity contribution >= 4 is 0 Å². The first-order chi connectivity index (χ1) is 13.6. The van der Waals surface area contributed by atoms with Crippen LogP contribution in [0.2, 0.25) is 0 Å². The Morgan fingerprint density at radius 2 is 1.33 bits per heavy atom. The van der Waals surface area contributed by atoms with E-state index in [2.05, 4.69) is 6.92 Å². The van der Waals surface area contributed by atoms with E-state index in [-0.39, 0.29) is 40.6 Å². The quantitative estimate of drug-likeness (QED) is 0.431. The molecular formula is C22H49O8+. The van der Waals surface area contributed by atoms with Crippen LogP contribution in [-0.4, -0.2) is 83.3 Å². The number of hydrogen-bond acceptors (Lipinski definition) is 8. The van der Waals surface area contributed by atoms with Crippen LogP contribution in [0.5, 0.6) is 0 Å². The molecule has 184 valence electrons. The van der Waals surface area contributed by atoms with Crippen molar-refractivity contribution in [3.05, 3.63) is 0 Å². The summed E-state index contributed by atoms with van der Waals surface area (Å²) >= 11 is 0. The van der Waals surface area contributed by atoms with Crippen molar-refractivity contribution in [1.29, 1.82) is 0 Å². The number of ether oxygens (including phenoxy) is 4. The van der Waals surface area contributed by atoms with Gasteiger partial charge in [-0.25, -0.2) is 0 Å². The minimum absolute atomic E-state index is 0. The fourth-order valence-electron chi connectivity index (χ4n) is 2.87. The third kappa shape index (κ3) is 16.4. The third-order valence-corrected chi connectivity index (χ3v) is 4.34. The van der Waals surface area contributed by atoms with E-state index < -0.39 is 11.9 Å². The van der Waals surface area contributed by atoms with Gasteiger partial charge in [-0.3, -0.25) is 0 Å². The normalized spacial score (nSPS) is 24.7. The van der Waals surface area contributed by atoms with Crippen LogP contribution < -0.4 is 0 Å². The van der Waals surface area contributed by atoms with Crippen LogP contribution in [-0.2, 0) is 18.9 Å². The van der Waals surface area contributed by atoms with Gasteiger partial charge in [0.05, 0.1) is 38.1 Å². The monoisotopic (exact) mass is 441 g/mol. The fourth-order valence-corrected chi connectivity index (χ4v) is 2.87. The second kappa shape index (κ2) is 17.3. The van der Waals surface area contributed by atoms with Crippen LogP contribution in [0.1, 0.15) is 82.0 Å². The van der Waals surface area contributed by atoms with Gasteiger partial charge in [0, 0.05) is 13.2 Å². The predicted octanol–water partition coefficient (Wildman–Crippen LogP) is 2.71. The zero-order valence-corrected chi connectivity index (χ0v) is 18.9. The Hall–Kier alpha value is -0.320. The van der Waals surface area contributed by atoms with Crippen LogP contribution in [0.3, 0.4) is 0 Å². The van der Waals surface area contributed by atoms with Crippen LogP contribution in [0.25, 0.3) is 0 Å². The van der Waals surface area contributed by atoms with Crippen molar-refractivity contribution in [2.45, 2.75) is 110 Å². The van der Waals surface area contributed by atoms with Crippen molar-refractivity contribution in [1.82, 2.24) is 0 Å². The molecule has 0 bridgehead atoms. The Morgan fingerprint density at radius 1 is 0.867 bits per heavy atom. The summed E-state index contributed by atoms with van der Waals surface area (Å²) in [5.41, 5.74) is 0. The van der Waals surface area contributed by atoms with Gasteiger partial charge in [-0.1, -0.05) is 20.8 Å². The van der Waals surface area contributed by atoms with E-state index in [0.29, 0.717) is 25.6 Å². The molecule has 0 amide bonds. The number of hydrogen-bond donors (Lipinski definition) is 4. The Bertz CT molecular complexity index is 396.